The maximum Gasteiger partial charge on any atom is 0.266 e. The van der Waals surface area contributed by atoms with Crippen LogP contribution in [0.3, 0.4) is 0 Å². The lowest BCUT2D eigenvalue weighted by Gasteiger charge is -2.13. The SMILES string of the molecule is COc1cccc(-n2c(SCc3nc(-c4cccc(Cl)c4)oc3C)nc3ccccc3c2=O)c1. The van der Waals surface area contributed by atoms with Crippen LogP contribution in [0.5, 0.6) is 5.75 Å². The lowest BCUT2D eigenvalue weighted by molar-refractivity contribution is 0.414. The number of thioether (sulfide) groups is 1. The second-order valence-corrected chi connectivity index (χ2v) is 8.95. The molecule has 0 aliphatic rings. The number of aryl methyl sites for hydroxylation is 1. The average molecular weight is 490 g/mol. The largest absolute Gasteiger partial charge is 0.497 e. The molecule has 0 saturated carbocycles. The van der Waals surface area contributed by atoms with Crippen LogP contribution < -0.4 is 10.3 Å². The van der Waals surface area contributed by atoms with Gasteiger partial charge in [0.1, 0.15) is 11.5 Å². The molecular formula is C26H20ClN3O3S. The molecule has 0 spiro atoms. The van der Waals surface area contributed by atoms with E-state index in [4.69, 9.17) is 25.7 Å². The number of aromatic nitrogens is 3. The quantitative estimate of drug-likeness (QED) is 0.206. The highest BCUT2D eigenvalue weighted by atomic mass is 35.5. The van der Waals surface area contributed by atoms with E-state index in [1.807, 2.05) is 67.6 Å². The fraction of sp³-hybridized carbons (Fsp3) is 0.115. The van der Waals surface area contributed by atoms with Crippen molar-refractivity contribution in [2.45, 2.75) is 17.8 Å². The molecule has 0 radical (unpaired) electrons. The van der Waals surface area contributed by atoms with Gasteiger partial charge in [-0.25, -0.2) is 9.97 Å². The van der Waals surface area contributed by atoms with Crippen LogP contribution in [0.4, 0.5) is 0 Å². The molecule has 2 aromatic heterocycles. The van der Waals surface area contributed by atoms with E-state index in [2.05, 4.69) is 4.98 Å². The second-order valence-electron chi connectivity index (χ2n) is 7.57. The molecule has 0 bridgehead atoms. The summed E-state index contributed by atoms with van der Waals surface area (Å²) in [5, 5.41) is 1.73. The number of rotatable bonds is 6. The summed E-state index contributed by atoms with van der Waals surface area (Å²) in [5.74, 6) is 2.35. The number of ether oxygens (including phenoxy) is 1. The van der Waals surface area contributed by atoms with Gasteiger partial charge in [0.2, 0.25) is 5.89 Å². The minimum Gasteiger partial charge on any atom is -0.497 e. The first kappa shape index (κ1) is 22.3. The minimum atomic E-state index is -0.141. The van der Waals surface area contributed by atoms with Crippen molar-refractivity contribution < 1.29 is 9.15 Å². The highest BCUT2D eigenvalue weighted by molar-refractivity contribution is 7.98. The standard InChI is InChI=1S/C26H20ClN3O3S/c1-16-23(28-24(33-16)17-7-5-8-18(27)13-17)15-34-26-29-22-12-4-3-11-21(22)25(31)30(26)19-9-6-10-20(14-19)32-2/h3-14H,15H2,1-2H3. The monoisotopic (exact) mass is 489 g/mol. The Balaban J connectivity index is 1.55. The van der Waals surface area contributed by atoms with Crippen LogP contribution in [0, 0.1) is 6.92 Å². The van der Waals surface area contributed by atoms with Crippen LogP contribution >= 0.6 is 23.4 Å². The van der Waals surface area contributed by atoms with Gasteiger partial charge in [-0.1, -0.05) is 47.6 Å². The summed E-state index contributed by atoms with van der Waals surface area (Å²) in [7, 11) is 1.60. The van der Waals surface area contributed by atoms with Gasteiger partial charge in [0.25, 0.3) is 5.56 Å². The van der Waals surface area contributed by atoms with E-state index in [9.17, 15) is 4.79 Å². The van der Waals surface area contributed by atoms with Crippen LogP contribution in [0.2, 0.25) is 5.02 Å². The maximum absolute atomic E-state index is 13.5. The predicted octanol–water partition coefficient (Wildman–Crippen LogP) is 6.30. The van der Waals surface area contributed by atoms with Crippen LogP contribution in [0.25, 0.3) is 28.0 Å². The van der Waals surface area contributed by atoms with Gasteiger partial charge in [-0.15, -0.1) is 0 Å². The van der Waals surface area contributed by atoms with E-state index in [-0.39, 0.29) is 5.56 Å². The molecule has 5 aromatic rings. The van der Waals surface area contributed by atoms with Gasteiger partial charge in [-0.05, 0) is 49.4 Å². The molecule has 0 unspecified atom stereocenters. The van der Waals surface area contributed by atoms with Crippen molar-refractivity contribution in [1.82, 2.24) is 14.5 Å². The van der Waals surface area contributed by atoms with Crippen molar-refractivity contribution in [3.8, 4) is 22.9 Å². The van der Waals surface area contributed by atoms with Gasteiger partial charge in [0.15, 0.2) is 5.16 Å². The number of fused-ring (bicyclic) bond motifs is 1. The van der Waals surface area contributed by atoms with Gasteiger partial charge in [0.05, 0.1) is 29.4 Å². The third-order valence-corrected chi connectivity index (χ3v) is 6.54. The van der Waals surface area contributed by atoms with Crippen LogP contribution in [-0.4, -0.2) is 21.6 Å². The molecule has 3 aromatic carbocycles. The van der Waals surface area contributed by atoms with Gasteiger partial charge < -0.3 is 9.15 Å². The van der Waals surface area contributed by atoms with E-state index in [1.54, 1.807) is 23.8 Å². The van der Waals surface area contributed by atoms with Crippen molar-refractivity contribution in [1.29, 1.82) is 0 Å². The molecule has 0 saturated heterocycles. The van der Waals surface area contributed by atoms with Crippen molar-refractivity contribution in [2.24, 2.45) is 0 Å². The molecular weight excluding hydrogens is 470 g/mol. The third kappa shape index (κ3) is 4.32. The summed E-state index contributed by atoms with van der Waals surface area (Å²) < 4.78 is 12.9. The fourth-order valence-electron chi connectivity index (χ4n) is 3.63. The van der Waals surface area contributed by atoms with Gasteiger partial charge in [-0.3, -0.25) is 9.36 Å². The number of hydrogen-bond acceptors (Lipinski definition) is 6. The predicted molar refractivity (Wildman–Crippen MR) is 135 cm³/mol. The molecule has 0 amide bonds. The number of benzene rings is 3. The molecule has 0 atom stereocenters. The summed E-state index contributed by atoms with van der Waals surface area (Å²) >= 11 is 7.54. The molecule has 2 heterocycles. The van der Waals surface area contributed by atoms with Gasteiger partial charge in [-0.2, -0.15) is 0 Å². The highest BCUT2D eigenvalue weighted by Crippen LogP contribution is 2.29. The molecule has 34 heavy (non-hydrogen) atoms. The number of halogens is 1. The Morgan fingerprint density at radius 1 is 1.03 bits per heavy atom. The number of hydrogen-bond donors (Lipinski definition) is 0. The summed E-state index contributed by atoms with van der Waals surface area (Å²) in [6.45, 7) is 1.87. The van der Waals surface area contributed by atoms with Crippen molar-refractivity contribution >= 4 is 34.3 Å². The Labute approximate surface area is 205 Å². The minimum absolute atomic E-state index is 0.141. The van der Waals surface area contributed by atoms with Crippen molar-refractivity contribution in [2.75, 3.05) is 7.11 Å². The van der Waals surface area contributed by atoms with E-state index in [1.165, 1.54) is 11.8 Å². The zero-order valence-electron chi connectivity index (χ0n) is 18.5. The number of oxazole rings is 1. The summed E-state index contributed by atoms with van der Waals surface area (Å²) in [5.41, 5.74) is 2.77. The molecule has 0 N–H and O–H groups in total. The molecule has 0 fully saturated rings. The zero-order chi connectivity index (χ0) is 23.7. The average Bonchev–Trinajstić information content (AvgIpc) is 3.23. The van der Waals surface area contributed by atoms with E-state index >= 15 is 0 Å². The molecule has 8 heteroatoms. The molecule has 5 rings (SSSR count). The van der Waals surface area contributed by atoms with Crippen molar-refractivity contribution in [3.05, 3.63) is 99.6 Å². The van der Waals surface area contributed by atoms with Gasteiger partial charge in [0, 0.05) is 22.4 Å². The van der Waals surface area contributed by atoms with Crippen LogP contribution in [0.15, 0.2) is 87.2 Å². The third-order valence-electron chi connectivity index (χ3n) is 5.36. The number of para-hydroxylation sites is 1. The molecule has 170 valence electrons. The molecule has 6 nitrogen and oxygen atoms in total. The van der Waals surface area contributed by atoms with Crippen molar-refractivity contribution in [3.63, 3.8) is 0 Å². The first-order valence-electron chi connectivity index (χ1n) is 10.5. The Morgan fingerprint density at radius 3 is 2.68 bits per heavy atom. The Hall–Kier alpha value is -3.55. The van der Waals surface area contributed by atoms with E-state index in [0.29, 0.717) is 49.9 Å². The Bertz CT molecular complexity index is 1560. The first-order valence-corrected chi connectivity index (χ1v) is 11.9. The smallest absolute Gasteiger partial charge is 0.266 e. The van der Waals surface area contributed by atoms with E-state index < -0.39 is 0 Å². The van der Waals surface area contributed by atoms with E-state index in [0.717, 1.165) is 11.3 Å². The second kappa shape index (κ2) is 9.37. The molecule has 0 aliphatic carbocycles. The lowest BCUT2D eigenvalue weighted by Crippen LogP contribution is -2.21. The summed E-state index contributed by atoms with van der Waals surface area (Å²) in [6, 6.07) is 22.1. The highest BCUT2D eigenvalue weighted by Gasteiger charge is 2.17. The zero-order valence-corrected chi connectivity index (χ0v) is 20.1. The topological polar surface area (TPSA) is 70.2 Å². The number of methoxy groups -OCH3 is 1. The fourth-order valence-corrected chi connectivity index (χ4v) is 4.83. The summed E-state index contributed by atoms with van der Waals surface area (Å²) in [6.07, 6.45) is 0. The Kier molecular flexibility index (Phi) is 6.13. The van der Waals surface area contributed by atoms with Gasteiger partial charge >= 0.3 is 0 Å². The molecule has 0 aliphatic heterocycles. The lowest BCUT2D eigenvalue weighted by atomic mass is 10.2. The summed E-state index contributed by atoms with van der Waals surface area (Å²) in [4.78, 5) is 22.9. The maximum atomic E-state index is 13.5. The number of nitrogens with zero attached hydrogens (tertiary/aromatic N) is 3. The van der Waals surface area contributed by atoms with Crippen LogP contribution in [0.1, 0.15) is 11.5 Å². The normalized spacial score (nSPS) is 11.1. The Morgan fingerprint density at radius 2 is 1.85 bits per heavy atom. The van der Waals surface area contributed by atoms with Crippen LogP contribution in [-0.2, 0) is 5.75 Å². The first-order chi connectivity index (χ1) is 16.5.